The van der Waals surface area contributed by atoms with Crippen molar-refractivity contribution in [1.82, 2.24) is 15.5 Å². The monoisotopic (exact) mass is 409 g/mol. The number of amides is 3. The highest BCUT2D eigenvalue weighted by atomic mass is 16.5. The van der Waals surface area contributed by atoms with Crippen molar-refractivity contribution in [2.75, 3.05) is 26.2 Å². The smallest absolute Gasteiger partial charge is 0.251 e. The van der Waals surface area contributed by atoms with Crippen LogP contribution in [0.25, 0.3) is 0 Å². The summed E-state index contributed by atoms with van der Waals surface area (Å²) in [5, 5.41) is 5.67. The van der Waals surface area contributed by atoms with Gasteiger partial charge in [0.1, 0.15) is 5.75 Å². The number of piperidine rings is 1. The van der Waals surface area contributed by atoms with Gasteiger partial charge in [-0.2, -0.15) is 0 Å². The quantitative estimate of drug-likeness (QED) is 0.698. The van der Waals surface area contributed by atoms with Crippen molar-refractivity contribution in [1.29, 1.82) is 0 Å². The largest absolute Gasteiger partial charge is 0.493 e. The molecule has 1 aliphatic rings. The summed E-state index contributed by atoms with van der Waals surface area (Å²) in [6, 6.07) is 18.3. The number of para-hydroxylation sites is 1. The molecule has 0 saturated carbocycles. The van der Waals surface area contributed by atoms with Crippen LogP contribution in [-0.4, -0.2) is 54.9 Å². The van der Waals surface area contributed by atoms with Gasteiger partial charge in [-0.25, -0.2) is 0 Å². The van der Waals surface area contributed by atoms with E-state index in [4.69, 9.17) is 4.74 Å². The van der Waals surface area contributed by atoms with E-state index in [1.807, 2.05) is 36.4 Å². The van der Waals surface area contributed by atoms with Gasteiger partial charge in [0.05, 0.1) is 19.6 Å². The summed E-state index contributed by atoms with van der Waals surface area (Å²) in [7, 11) is 0. The standard InChI is InChI=1S/C23H27N3O4/c27-21(13-16-30-20-9-5-2-6-10-20)25-19-11-14-26(15-12-19)22(28)17-24-23(29)18-7-3-1-4-8-18/h1-10,19H,11-17H2,(H,24,29)(H,25,27). The molecule has 2 aromatic rings. The molecule has 3 amide bonds. The zero-order valence-corrected chi connectivity index (χ0v) is 16.9. The Labute approximate surface area is 176 Å². The minimum atomic E-state index is -0.260. The van der Waals surface area contributed by atoms with E-state index in [-0.39, 0.29) is 30.3 Å². The van der Waals surface area contributed by atoms with Gasteiger partial charge in [-0.3, -0.25) is 14.4 Å². The summed E-state index contributed by atoms with van der Waals surface area (Å²) in [6.45, 7) is 1.42. The van der Waals surface area contributed by atoms with E-state index in [1.54, 1.807) is 29.2 Å². The van der Waals surface area contributed by atoms with Crippen molar-refractivity contribution < 1.29 is 19.1 Å². The molecule has 30 heavy (non-hydrogen) atoms. The summed E-state index contributed by atoms with van der Waals surface area (Å²) in [4.78, 5) is 38.2. The van der Waals surface area contributed by atoms with Crippen LogP contribution in [-0.2, 0) is 9.59 Å². The van der Waals surface area contributed by atoms with Crippen LogP contribution in [0.4, 0.5) is 0 Å². The number of nitrogens with zero attached hydrogens (tertiary/aromatic N) is 1. The summed E-state index contributed by atoms with van der Waals surface area (Å²) >= 11 is 0. The average molecular weight is 409 g/mol. The third-order valence-electron chi connectivity index (χ3n) is 4.99. The van der Waals surface area contributed by atoms with E-state index in [0.717, 1.165) is 5.75 Å². The van der Waals surface area contributed by atoms with Crippen LogP contribution in [0.1, 0.15) is 29.6 Å². The zero-order chi connectivity index (χ0) is 21.2. The number of hydrogen-bond donors (Lipinski definition) is 2. The molecule has 158 valence electrons. The molecule has 0 spiro atoms. The second-order valence-corrected chi connectivity index (χ2v) is 7.18. The highest BCUT2D eigenvalue weighted by Crippen LogP contribution is 2.11. The SMILES string of the molecule is O=C(CCOc1ccccc1)NC1CCN(C(=O)CNC(=O)c2ccccc2)CC1. The van der Waals surface area contributed by atoms with Gasteiger partial charge in [0.15, 0.2) is 0 Å². The summed E-state index contributed by atoms with van der Waals surface area (Å²) < 4.78 is 5.54. The minimum Gasteiger partial charge on any atom is -0.493 e. The Kier molecular flexibility index (Phi) is 7.83. The van der Waals surface area contributed by atoms with E-state index in [1.165, 1.54) is 0 Å². The van der Waals surface area contributed by atoms with Crippen LogP contribution in [0.3, 0.4) is 0 Å². The van der Waals surface area contributed by atoms with E-state index in [2.05, 4.69) is 10.6 Å². The Bertz CT molecular complexity index is 834. The van der Waals surface area contributed by atoms with Gasteiger partial charge in [-0.15, -0.1) is 0 Å². The molecular formula is C23H27N3O4. The van der Waals surface area contributed by atoms with Crippen LogP contribution >= 0.6 is 0 Å². The molecular weight excluding hydrogens is 382 g/mol. The molecule has 0 aliphatic carbocycles. The lowest BCUT2D eigenvalue weighted by atomic mass is 10.0. The lowest BCUT2D eigenvalue weighted by molar-refractivity contribution is -0.131. The molecule has 0 bridgehead atoms. The Hall–Kier alpha value is -3.35. The van der Waals surface area contributed by atoms with E-state index in [0.29, 0.717) is 44.5 Å². The fourth-order valence-corrected chi connectivity index (χ4v) is 3.31. The predicted octanol–water partition coefficient (Wildman–Crippen LogP) is 1.99. The van der Waals surface area contributed by atoms with Crippen LogP contribution in [0, 0.1) is 0 Å². The number of benzene rings is 2. The normalized spacial score (nSPS) is 14.1. The molecule has 2 aromatic carbocycles. The first-order chi connectivity index (χ1) is 14.6. The van der Waals surface area contributed by atoms with Gasteiger partial charge in [0, 0.05) is 24.7 Å². The molecule has 7 nitrogen and oxygen atoms in total. The fraction of sp³-hybridized carbons (Fsp3) is 0.348. The third kappa shape index (κ3) is 6.62. The average Bonchev–Trinajstić information content (AvgIpc) is 2.79. The maximum atomic E-state index is 12.3. The van der Waals surface area contributed by atoms with Crippen LogP contribution in [0.5, 0.6) is 5.75 Å². The zero-order valence-electron chi connectivity index (χ0n) is 16.9. The maximum absolute atomic E-state index is 12.3. The molecule has 0 radical (unpaired) electrons. The summed E-state index contributed by atoms with van der Waals surface area (Å²) in [5.74, 6) is 0.325. The lowest BCUT2D eigenvalue weighted by Gasteiger charge is -2.32. The van der Waals surface area contributed by atoms with Crippen LogP contribution in [0.2, 0.25) is 0 Å². The van der Waals surface area contributed by atoms with Gasteiger partial charge >= 0.3 is 0 Å². The number of rotatable bonds is 8. The van der Waals surface area contributed by atoms with Gasteiger partial charge in [0.2, 0.25) is 11.8 Å². The number of likely N-dealkylation sites (tertiary alicyclic amines) is 1. The van der Waals surface area contributed by atoms with Gasteiger partial charge in [-0.1, -0.05) is 36.4 Å². The van der Waals surface area contributed by atoms with Crippen molar-refractivity contribution >= 4 is 17.7 Å². The number of carbonyl (C=O) groups is 3. The molecule has 1 heterocycles. The van der Waals surface area contributed by atoms with Crippen molar-refractivity contribution in [2.45, 2.75) is 25.3 Å². The first-order valence-electron chi connectivity index (χ1n) is 10.2. The highest BCUT2D eigenvalue weighted by Gasteiger charge is 2.24. The Morgan fingerprint density at radius 1 is 0.933 bits per heavy atom. The minimum absolute atomic E-state index is 0.0262. The molecule has 0 atom stereocenters. The van der Waals surface area contributed by atoms with Gasteiger partial charge in [0.25, 0.3) is 5.91 Å². The maximum Gasteiger partial charge on any atom is 0.251 e. The topological polar surface area (TPSA) is 87.7 Å². The summed E-state index contributed by atoms with van der Waals surface area (Å²) in [5.41, 5.74) is 0.531. The molecule has 2 N–H and O–H groups in total. The number of hydrogen-bond acceptors (Lipinski definition) is 4. The summed E-state index contributed by atoms with van der Waals surface area (Å²) in [6.07, 6.45) is 1.69. The second-order valence-electron chi connectivity index (χ2n) is 7.18. The van der Waals surface area contributed by atoms with E-state index < -0.39 is 0 Å². The number of carbonyl (C=O) groups excluding carboxylic acids is 3. The number of ether oxygens (including phenoxy) is 1. The van der Waals surface area contributed by atoms with Crippen molar-refractivity contribution in [2.24, 2.45) is 0 Å². The molecule has 7 heteroatoms. The lowest BCUT2D eigenvalue weighted by Crippen LogP contribution is -2.49. The predicted molar refractivity (Wildman–Crippen MR) is 113 cm³/mol. The van der Waals surface area contributed by atoms with Gasteiger partial charge < -0.3 is 20.3 Å². The van der Waals surface area contributed by atoms with Crippen LogP contribution in [0.15, 0.2) is 60.7 Å². The highest BCUT2D eigenvalue weighted by molar-refractivity contribution is 5.96. The van der Waals surface area contributed by atoms with Crippen molar-refractivity contribution in [3.63, 3.8) is 0 Å². The first-order valence-corrected chi connectivity index (χ1v) is 10.2. The molecule has 1 fully saturated rings. The Morgan fingerprint density at radius 3 is 2.23 bits per heavy atom. The second kappa shape index (κ2) is 11.0. The molecule has 1 aliphatic heterocycles. The Balaban J connectivity index is 1.31. The fourth-order valence-electron chi connectivity index (χ4n) is 3.31. The molecule has 3 rings (SSSR count). The van der Waals surface area contributed by atoms with Crippen molar-refractivity contribution in [3.05, 3.63) is 66.2 Å². The van der Waals surface area contributed by atoms with Crippen molar-refractivity contribution in [3.8, 4) is 5.75 Å². The van der Waals surface area contributed by atoms with Gasteiger partial charge in [-0.05, 0) is 37.1 Å². The molecule has 1 saturated heterocycles. The third-order valence-corrected chi connectivity index (χ3v) is 4.99. The van der Waals surface area contributed by atoms with E-state index >= 15 is 0 Å². The molecule has 0 unspecified atom stereocenters. The molecule has 0 aromatic heterocycles. The number of nitrogens with one attached hydrogen (secondary N) is 2. The van der Waals surface area contributed by atoms with Crippen LogP contribution < -0.4 is 15.4 Å². The van der Waals surface area contributed by atoms with E-state index in [9.17, 15) is 14.4 Å². The first kappa shape index (κ1) is 21.4. The Morgan fingerprint density at radius 2 is 1.57 bits per heavy atom.